The number of halogens is 2. The minimum atomic E-state index is -0.226. The van der Waals surface area contributed by atoms with Crippen LogP contribution >= 0.6 is 34.4 Å². The van der Waals surface area contributed by atoms with E-state index in [0.29, 0.717) is 9.26 Å². The zero-order chi connectivity index (χ0) is 13.3. The van der Waals surface area contributed by atoms with E-state index in [9.17, 15) is 4.39 Å². The van der Waals surface area contributed by atoms with Gasteiger partial charge in [0.1, 0.15) is 5.82 Å². The molecule has 2 aromatic carbocycles. The second-order valence-corrected chi connectivity index (χ2v) is 6.43. The van der Waals surface area contributed by atoms with E-state index in [-0.39, 0.29) is 5.82 Å². The van der Waals surface area contributed by atoms with Gasteiger partial charge in [-0.2, -0.15) is 0 Å². The molecule has 0 aliphatic heterocycles. The lowest BCUT2D eigenvalue weighted by atomic mass is 10.1. The van der Waals surface area contributed by atoms with Gasteiger partial charge in [0.05, 0.1) is 3.57 Å². The third kappa shape index (κ3) is 2.98. The van der Waals surface area contributed by atoms with Crippen molar-refractivity contribution in [2.24, 2.45) is 0 Å². The van der Waals surface area contributed by atoms with Crippen molar-refractivity contribution in [1.29, 1.82) is 0 Å². The Balaban J connectivity index is 2.34. The molecule has 94 valence electrons. The SMILES string of the molecule is Cc1ccc(Sc2cc(F)c(I)cc2N)cc1C. The Hall–Kier alpha value is -0.750. The number of hydrogen-bond acceptors (Lipinski definition) is 2. The zero-order valence-corrected chi connectivity index (χ0v) is 13.1. The fourth-order valence-electron chi connectivity index (χ4n) is 1.54. The van der Waals surface area contributed by atoms with Gasteiger partial charge < -0.3 is 5.73 Å². The van der Waals surface area contributed by atoms with Gasteiger partial charge in [0.2, 0.25) is 0 Å². The van der Waals surface area contributed by atoms with Crippen molar-refractivity contribution < 1.29 is 4.39 Å². The van der Waals surface area contributed by atoms with E-state index in [1.807, 2.05) is 28.7 Å². The van der Waals surface area contributed by atoms with Crippen molar-refractivity contribution in [3.63, 3.8) is 0 Å². The number of rotatable bonds is 2. The van der Waals surface area contributed by atoms with E-state index < -0.39 is 0 Å². The lowest BCUT2D eigenvalue weighted by Gasteiger charge is -2.08. The first kappa shape index (κ1) is 13.7. The summed E-state index contributed by atoms with van der Waals surface area (Å²) >= 11 is 3.43. The second-order valence-electron chi connectivity index (χ2n) is 4.15. The number of benzene rings is 2. The Kier molecular flexibility index (Phi) is 4.17. The van der Waals surface area contributed by atoms with E-state index in [1.165, 1.54) is 29.0 Å². The summed E-state index contributed by atoms with van der Waals surface area (Å²) in [5.41, 5.74) is 9.01. The maximum absolute atomic E-state index is 13.5. The van der Waals surface area contributed by atoms with Gasteiger partial charge in [-0.1, -0.05) is 17.8 Å². The van der Waals surface area contributed by atoms with Gasteiger partial charge in [0.25, 0.3) is 0 Å². The average molecular weight is 373 g/mol. The van der Waals surface area contributed by atoms with Crippen molar-refractivity contribution in [1.82, 2.24) is 0 Å². The van der Waals surface area contributed by atoms with Crippen molar-refractivity contribution in [2.45, 2.75) is 23.6 Å². The molecular weight excluding hydrogens is 360 g/mol. The predicted octanol–water partition coefficient (Wildman–Crippen LogP) is 4.78. The molecule has 0 radical (unpaired) electrons. The van der Waals surface area contributed by atoms with Crippen LogP contribution in [-0.2, 0) is 0 Å². The van der Waals surface area contributed by atoms with Gasteiger partial charge in [-0.3, -0.25) is 0 Å². The van der Waals surface area contributed by atoms with E-state index in [1.54, 1.807) is 6.07 Å². The van der Waals surface area contributed by atoms with Crippen LogP contribution in [0, 0.1) is 23.2 Å². The lowest BCUT2D eigenvalue weighted by molar-refractivity contribution is 0.617. The highest BCUT2D eigenvalue weighted by Crippen LogP contribution is 2.34. The summed E-state index contributed by atoms with van der Waals surface area (Å²) in [6.07, 6.45) is 0. The second kappa shape index (κ2) is 5.48. The molecule has 18 heavy (non-hydrogen) atoms. The number of nitrogens with two attached hydrogens (primary N) is 1. The molecule has 0 fully saturated rings. The van der Waals surface area contributed by atoms with Gasteiger partial charge in [0.15, 0.2) is 0 Å². The molecule has 2 rings (SSSR count). The smallest absolute Gasteiger partial charge is 0.137 e. The largest absolute Gasteiger partial charge is 0.398 e. The molecule has 4 heteroatoms. The van der Waals surface area contributed by atoms with Gasteiger partial charge in [-0.15, -0.1) is 0 Å². The van der Waals surface area contributed by atoms with E-state index in [2.05, 4.69) is 26.0 Å². The third-order valence-corrected chi connectivity index (χ3v) is 4.65. The first-order chi connectivity index (χ1) is 8.47. The summed E-state index contributed by atoms with van der Waals surface area (Å²) in [4.78, 5) is 1.83. The summed E-state index contributed by atoms with van der Waals surface area (Å²) in [5, 5.41) is 0. The van der Waals surface area contributed by atoms with Crippen LogP contribution < -0.4 is 5.73 Å². The predicted molar refractivity (Wildman–Crippen MR) is 83.6 cm³/mol. The van der Waals surface area contributed by atoms with Crippen LogP contribution in [0.15, 0.2) is 40.1 Å². The van der Waals surface area contributed by atoms with E-state index in [0.717, 1.165) is 9.79 Å². The number of nitrogen functional groups attached to an aromatic ring is 1. The fraction of sp³-hybridized carbons (Fsp3) is 0.143. The highest BCUT2D eigenvalue weighted by Gasteiger charge is 2.08. The van der Waals surface area contributed by atoms with Crippen molar-refractivity contribution >= 4 is 40.0 Å². The first-order valence-electron chi connectivity index (χ1n) is 5.47. The minimum Gasteiger partial charge on any atom is -0.398 e. The topological polar surface area (TPSA) is 26.0 Å². The van der Waals surface area contributed by atoms with Crippen LogP contribution in [0.4, 0.5) is 10.1 Å². The fourth-order valence-corrected chi connectivity index (χ4v) is 2.99. The van der Waals surface area contributed by atoms with Gasteiger partial charge in [0, 0.05) is 15.5 Å². The molecule has 0 amide bonds. The summed E-state index contributed by atoms with van der Waals surface area (Å²) in [5.74, 6) is -0.226. The normalized spacial score (nSPS) is 10.7. The highest BCUT2D eigenvalue weighted by molar-refractivity contribution is 14.1. The standard InChI is InChI=1S/C14H13FINS/c1-8-3-4-10(5-9(8)2)18-14-6-11(15)12(16)7-13(14)17/h3-7H,17H2,1-2H3. The maximum Gasteiger partial charge on any atom is 0.137 e. The third-order valence-electron chi connectivity index (χ3n) is 2.76. The average Bonchev–Trinajstić information content (AvgIpc) is 2.31. The van der Waals surface area contributed by atoms with E-state index >= 15 is 0 Å². The minimum absolute atomic E-state index is 0.226. The van der Waals surface area contributed by atoms with Crippen LogP contribution in [0.25, 0.3) is 0 Å². The molecule has 0 saturated heterocycles. The van der Waals surface area contributed by atoms with Gasteiger partial charge in [-0.25, -0.2) is 4.39 Å². The molecule has 0 unspecified atom stereocenters. The quantitative estimate of drug-likeness (QED) is 0.606. The molecule has 1 nitrogen and oxygen atoms in total. The zero-order valence-electron chi connectivity index (χ0n) is 10.1. The first-order valence-corrected chi connectivity index (χ1v) is 7.36. The summed E-state index contributed by atoms with van der Waals surface area (Å²) in [7, 11) is 0. The Bertz CT molecular complexity index is 599. The Labute approximate surface area is 124 Å². The van der Waals surface area contributed by atoms with Crippen LogP contribution in [0.3, 0.4) is 0 Å². The Morgan fingerprint density at radius 1 is 1.11 bits per heavy atom. The highest BCUT2D eigenvalue weighted by atomic mass is 127. The van der Waals surface area contributed by atoms with Crippen LogP contribution in [-0.4, -0.2) is 0 Å². The summed E-state index contributed by atoms with van der Waals surface area (Å²) in [6, 6.07) is 9.35. The molecular formula is C14H13FINS. The summed E-state index contributed by atoms with van der Waals surface area (Å²) in [6.45, 7) is 4.14. The number of anilines is 1. The van der Waals surface area contributed by atoms with Gasteiger partial charge >= 0.3 is 0 Å². The molecule has 0 bridgehead atoms. The molecule has 0 aliphatic carbocycles. The number of aryl methyl sites for hydroxylation is 2. The molecule has 0 atom stereocenters. The molecule has 0 spiro atoms. The maximum atomic E-state index is 13.5. The number of hydrogen-bond donors (Lipinski definition) is 1. The Morgan fingerprint density at radius 2 is 1.83 bits per heavy atom. The summed E-state index contributed by atoms with van der Waals surface area (Å²) < 4.78 is 14.1. The Morgan fingerprint density at radius 3 is 2.50 bits per heavy atom. The molecule has 0 heterocycles. The van der Waals surface area contributed by atoms with Crippen molar-refractivity contribution in [3.8, 4) is 0 Å². The molecule has 0 aliphatic rings. The van der Waals surface area contributed by atoms with Crippen molar-refractivity contribution in [2.75, 3.05) is 5.73 Å². The molecule has 2 N–H and O–H groups in total. The van der Waals surface area contributed by atoms with Crippen LogP contribution in [0.5, 0.6) is 0 Å². The lowest BCUT2D eigenvalue weighted by Crippen LogP contribution is -1.92. The molecule has 0 aromatic heterocycles. The van der Waals surface area contributed by atoms with Crippen molar-refractivity contribution in [3.05, 3.63) is 50.8 Å². The van der Waals surface area contributed by atoms with Gasteiger partial charge in [-0.05, 0) is 71.8 Å². The van der Waals surface area contributed by atoms with Crippen LogP contribution in [0.2, 0.25) is 0 Å². The van der Waals surface area contributed by atoms with Crippen LogP contribution in [0.1, 0.15) is 11.1 Å². The molecule has 2 aromatic rings. The monoisotopic (exact) mass is 373 g/mol. The molecule has 0 saturated carbocycles. The van der Waals surface area contributed by atoms with E-state index in [4.69, 9.17) is 5.73 Å².